The first-order valence-electron chi connectivity index (χ1n) is 4.47. The fourth-order valence-electron chi connectivity index (χ4n) is 1.09. The molecule has 1 heterocycles. The fraction of sp³-hybridized carbons (Fsp3) is 0.778. The molecule has 1 rings (SSSR count). The van der Waals surface area contributed by atoms with Crippen LogP contribution < -0.4 is 0 Å². The Bertz CT molecular complexity index is 217. The summed E-state index contributed by atoms with van der Waals surface area (Å²) < 4.78 is 11.3. The third-order valence-electron chi connectivity index (χ3n) is 2.83. The second-order valence-corrected chi connectivity index (χ2v) is 4.46. The Hall–Kier alpha value is -0.475. The summed E-state index contributed by atoms with van der Waals surface area (Å²) in [6.07, 6.45) is 1.03. The largest absolute Gasteiger partial charge is 0.516 e. The molecule has 0 unspecified atom stereocenters. The van der Waals surface area contributed by atoms with Crippen molar-refractivity contribution in [1.82, 2.24) is 0 Å². The molecule has 0 spiro atoms. The van der Waals surface area contributed by atoms with E-state index in [9.17, 15) is 0 Å². The zero-order valence-corrected chi connectivity index (χ0v) is 8.92. The van der Waals surface area contributed by atoms with Crippen molar-refractivity contribution in [3.8, 4) is 0 Å². The summed E-state index contributed by atoms with van der Waals surface area (Å²) in [5.41, 5.74) is 0.0304. The molecular weight excluding hydrogens is 167 g/mol. The Morgan fingerprint density at radius 2 is 1.54 bits per heavy atom. The SMILES string of the molecule is C/C(=C\O)B1OC(C)(C)C(C)(C)O1. The van der Waals surface area contributed by atoms with Crippen LogP contribution in [0.2, 0.25) is 0 Å². The van der Waals surface area contributed by atoms with Crippen LogP contribution in [-0.2, 0) is 9.31 Å². The molecule has 1 aliphatic heterocycles. The van der Waals surface area contributed by atoms with Crippen LogP contribution in [0.4, 0.5) is 0 Å². The van der Waals surface area contributed by atoms with E-state index >= 15 is 0 Å². The first-order chi connectivity index (χ1) is 5.80. The molecule has 0 saturated carbocycles. The van der Waals surface area contributed by atoms with Crippen molar-refractivity contribution in [3.05, 3.63) is 11.7 Å². The first kappa shape index (κ1) is 10.6. The third-order valence-corrected chi connectivity index (χ3v) is 2.83. The Balaban J connectivity index is 2.82. The molecular formula is C9H17BO3. The van der Waals surface area contributed by atoms with Crippen LogP contribution in [0, 0.1) is 0 Å². The summed E-state index contributed by atoms with van der Waals surface area (Å²) in [5, 5.41) is 8.81. The van der Waals surface area contributed by atoms with Crippen molar-refractivity contribution in [1.29, 1.82) is 0 Å². The number of aliphatic hydroxyl groups excluding tert-OH is 1. The number of aliphatic hydroxyl groups is 1. The van der Waals surface area contributed by atoms with Gasteiger partial charge in [-0.25, -0.2) is 0 Å². The second kappa shape index (κ2) is 3.03. The van der Waals surface area contributed by atoms with Crippen LogP contribution in [0.1, 0.15) is 34.6 Å². The van der Waals surface area contributed by atoms with E-state index in [0.717, 1.165) is 6.26 Å². The summed E-state index contributed by atoms with van der Waals surface area (Å²) in [7, 11) is -0.421. The minimum Gasteiger partial charge on any atom is -0.516 e. The molecule has 0 aromatic heterocycles. The Kier molecular flexibility index (Phi) is 2.47. The molecule has 0 amide bonds. The average Bonchev–Trinajstić information content (AvgIpc) is 2.20. The van der Waals surface area contributed by atoms with Gasteiger partial charge in [-0.05, 0) is 40.1 Å². The third kappa shape index (κ3) is 1.74. The molecule has 13 heavy (non-hydrogen) atoms. The van der Waals surface area contributed by atoms with E-state index in [1.807, 2.05) is 27.7 Å². The van der Waals surface area contributed by atoms with Gasteiger partial charge in [0.25, 0.3) is 0 Å². The van der Waals surface area contributed by atoms with E-state index in [-0.39, 0.29) is 11.2 Å². The van der Waals surface area contributed by atoms with Gasteiger partial charge in [-0.1, -0.05) is 0 Å². The van der Waals surface area contributed by atoms with Crippen molar-refractivity contribution in [2.24, 2.45) is 0 Å². The van der Waals surface area contributed by atoms with Gasteiger partial charge in [-0.2, -0.15) is 0 Å². The van der Waals surface area contributed by atoms with E-state index < -0.39 is 7.12 Å². The lowest BCUT2D eigenvalue weighted by Crippen LogP contribution is -2.41. The monoisotopic (exact) mass is 184 g/mol. The second-order valence-electron chi connectivity index (χ2n) is 4.46. The molecule has 1 saturated heterocycles. The molecule has 3 nitrogen and oxygen atoms in total. The average molecular weight is 184 g/mol. The number of allylic oxidation sites excluding steroid dienone is 1. The zero-order chi connectivity index (χ0) is 10.3. The summed E-state index contributed by atoms with van der Waals surface area (Å²) in [5.74, 6) is 0. The minimum atomic E-state index is -0.421. The maximum absolute atomic E-state index is 8.81. The lowest BCUT2D eigenvalue weighted by atomic mass is 9.80. The highest BCUT2D eigenvalue weighted by atomic mass is 16.7. The molecule has 0 bridgehead atoms. The molecule has 0 radical (unpaired) electrons. The van der Waals surface area contributed by atoms with E-state index in [4.69, 9.17) is 14.4 Å². The van der Waals surface area contributed by atoms with E-state index in [2.05, 4.69) is 0 Å². The van der Waals surface area contributed by atoms with E-state index in [0.29, 0.717) is 5.47 Å². The van der Waals surface area contributed by atoms with Crippen LogP contribution in [-0.4, -0.2) is 23.4 Å². The lowest BCUT2D eigenvalue weighted by molar-refractivity contribution is 0.00578. The van der Waals surface area contributed by atoms with Crippen LogP contribution in [0.5, 0.6) is 0 Å². The first-order valence-corrected chi connectivity index (χ1v) is 4.47. The molecule has 0 aromatic carbocycles. The van der Waals surface area contributed by atoms with Crippen molar-refractivity contribution < 1.29 is 14.4 Å². The molecule has 1 N–H and O–H groups in total. The van der Waals surface area contributed by atoms with Crippen molar-refractivity contribution in [3.63, 3.8) is 0 Å². The van der Waals surface area contributed by atoms with Gasteiger partial charge in [0.05, 0.1) is 17.5 Å². The molecule has 0 aliphatic carbocycles. The lowest BCUT2D eigenvalue weighted by Gasteiger charge is -2.32. The molecule has 74 valence electrons. The molecule has 0 atom stereocenters. The molecule has 0 aromatic rings. The highest BCUT2D eigenvalue weighted by Crippen LogP contribution is 2.38. The Morgan fingerprint density at radius 1 is 1.15 bits per heavy atom. The van der Waals surface area contributed by atoms with Crippen molar-refractivity contribution >= 4 is 7.12 Å². The Morgan fingerprint density at radius 3 is 1.85 bits per heavy atom. The van der Waals surface area contributed by atoms with Gasteiger partial charge >= 0.3 is 7.12 Å². The summed E-state index contributed by atoms with van der Waals surface area (Å²) >= 11 is 0. The molecule has 1 fully saturated rings. The van der Waals surface area contributed by atoms with Gasteiger partial charge in [0.2, 0.25) is 0 Å². The number of rotatable bonds is 1. The van der Waals surface area contributed by atoms with Gasteiger partial charge in [0, 0.05) is 0 Å². The summed E-state index contributed by atoms with van der Waals surface area (Å²) in [4.78, 5) is 0. The highest BCUT2D eigenvalue weighted by molar-refractivity contribution is 6.54. The minimum absolute atomic E-state index is 0.331. The fourth-order valence-corrected chi connectivity index (χ4v) is 1.09. The van der Waals surface area contributed by atoms with Crippen LogP contribution in [0.3, 0.4) is 0 Å². The van der Waals surface area contributed by atoms with Gasteiger partial charge in [-0.3, -0.25) is 0 Å². The quantitative estimate of drug-likeness (QED) is 0.500. The zero-order valence-electron chi connectivity index (χ0n) is 8.92. The predicted molar refractivity (Wildman–Crippen MR) is 52.5 cm³/mol. The van der Waals surface area contributed by atoms with Crippen LogP contribution in [0.25, 0.3) is 0 Å². The maximum atomic E-state index is 8.81. The van der Waals surface area contributed by atoms with E-state index in [1.54, 1.807) is 6.92 Å². The van der Waals surface area contributed by atoms with Gasteiger partial charge in [0.1, 0.15) is 0 Å². The maximum Gasteiger partial charge on any atom is 0.493 e. The normalized spacial score (nSPS) is 26.5. The van der Waals surface area contributed by atoms with Crippen LogP contribution >= 0.6 is 0 Å². The van der Waals surface area contributed by atoms with Gasteiger partial charge < -0.3 is 14.4 Å². The van der Waals surface area contributed by atoms with Crippen molar-refractivity contribution in [2.45, 2.75) is 45.8 Å². The summed E-state index contributed by atoms with van der Waals surface area (Å²) in [6.45, 7) is 9.72. The van der Waals surface area contributed by atoms with E-state index in [1.165, 1.54) is 0 Å². The standard InChI is InChI=1S/C9H17BO3/c1-7(6-11)10-12-8(2,3)9(4,5)13-10/h6,11H,1-5H3/b7-6+. The Labute approximate surface area is 79.9 Å². The predicted octanol–water partition coefficient (Wildman–Crippen LogP) is 2.08. The topological polar surface area (TPSA) is 38.7 Å². The molecule has 4 heteroatoms. The van der Waals surface area contributed by atoms with Gasteiger partial charge in [-0.15, -0.1) is 0 Å². The molecule has 1 aliphatic rings. The van der Waals surface area contributed by atoms with Crippen LogP contribution in [0.15, 0.2) is 11.7 Å². The number of hydrogen-bond donors (Lipinski definition) is 1. The number of hydrogen-bond acceptors (Lipinski definition) is 3. The van der Waals surface area contributed by atoms with Crippen molar-refractivity contribution in [2.75, 3.05) is 0 Å². The summed E-state index contributed by atoms with van der Waals surface area (Å²) in [6, 6.07) is 0. The van der Waals surface area contributed by atoms with Gasteiger partial charge in [0.15, 0.2) is 0 Å². The highest BCUT2D eigenvalue weighted by Gasteiger charge is 2.51. The smallest absolute Gasteiger partial charge is 0.493 e.